The van der Waals surface area contributed by atoms with E-state index in [2.05, 4.69) is 37.5 Å². The average Bonchev–Trinajstić information content (AvgIpc) is 3.57. The van der Waals surface area contributed by atoms with Crippen LogP contribution in [0.3, 0.4) is 0 Å². The van der Waals surface area contributed by atoms with E-state index in [0.717, 1.165) is 38.5 Å². The third-order valence-corrected chi connectivity index (χ3v) is 16.7. The summed E-state index contributed by atoms with van der Waals surface area (Å²) in [4.78, 5) is 24.2. The molecule has 64 heavy (non-hydrogen) atoms. The predicted molar refractivity (Wildman–Crippen MR) is 230 cm³/mol. The number of carbonyl (C=O) groups is 2. The van der Waals surface area contributed by atoms with Crippen molar-refractivity contribution < 1.29 is 73.4 Å². The standard InChI is InChI=1S/C47H78N2O15/c1-23(51)48-34-38(56)36(54)28(21-50)59-41(34)63-44(5,6)32-16-18-46(8)30-13-12-26(47(30,9)20-27(53)40(46)62-32)25-11-14-33-45(7,19-25)17-15-31(61-33)43(3,4)64-42-35(49-24(2)52)39(57)37(55)29(60-42)22-58-10/h19,26-42,50,53-57H,11-18,20-22H2,1-10H3,(H,48,51)(H,49,52)/t26-,27-,28+,29-,30-,31-,32-,33-,34-,35+,36-,37+,38+,39-,40-,41-,42+,45+,46-,47+/m0/s1. The Balaban J connectivity index is 1.02. The summed E-state index contributed by atoms with van der Waals surface area (Å²) in [6, 6.07) is -2.08. The van der Waals surface area contributed by atoms with Gasteiger partial charge in [0.25, 0.3) is 0 Å². The highest BCUT2D eigenvalue weighted by atomic mass is 16.7. The molecule has 2 saturated carbocycles. The molecule has 0 aromatic carbocycles. The Bertz CT molecular complexity index is 1710. The highest BCUT2D eigenvalue weighted by Crippen LogP contribution is 2.67. The van der Waals surface area contributed by atoms with Gasteiger partial charge in [0.15, 0.2) is 12.6 Å². The molecule has 0 spiro atoms. The summed E-state index contributed by atoms with van der Waals surface area (Å²) in [5, 5.41) is 70.5. The van der Waals surface area contributed by atoms with Crippen molar-refractivity contribution in [1.29, 1.82) is 0 Å². The average molecular weight is 911 g/mol. The summed E-state index contributed by atoms with van der Waals surface area (Å²) in [5.74, 6) is -0.216. The zero-order valence-corrected chi connectivity index (χ0v) is 39.5. The quantitative estimate of drug-likeness (QED) is 0.130. The number of hydrogen-bond acceptors (Lipinski definition) is 15. The van der Waals surface area contributed by atoms with Gasteiger partial charge in [-0.05, 0) is 108 Å². The Morgan fingerprint density at radius 1 is 0.734 bits per heavy atom. The Morgan fingerprint density at radius 3 is 1.84 bits per heavy atom. The summed E-state index contributed by atoms with van der Waals surface area (Å²) in [6.07, 6.45) is -1.75. The minimum atomic E-state index is -1.43. The molecule has 4 saturated heterocycles. The summed E-state index contributed by atoms with van der Waals surface area (Å²) in [6.45, 7) is 16.7. The second kappa shape index (κ2) is 18.6. The van der Waals surface area contributed by atoms with E-state index in [0.29, 0.717) is 31.1 Å². The van der Waals surface area contributed by atoms with E-state index in [-0.39, 0.29) is 41.0 Å². The molecular weight excluding hydrogens is 833 g/mol. The van der Waals surface area contributed by atoms with E-state index >= 15 is 0 Å². The summed E-state index contributed by atoms with van der Waals surface area (Å²) in [7, 11) is 1.48. The minimum Gasteiger partial charge on any atom is -0.394 e. The van der Waals surface area contributed by atoms with Gasteiger partial charge in [-0.3, -0.25) is 9.59 Å². The van der Waals surface area contributed by atoms with Crippen molar-refractivity contribution in [2.75, 3.05) is 20.3 Å². The van der Waals surface area contributed by atoms with Gasteiger partial charge >= 0.3 is 0 Å². The minimum absolute atomic E-state index is 0.0377. The van der Waals surface area contributed by atoms with Gasteiger partial charge in [-0.25, -0.2) is 0 Å². The largest absolute Gasteiger partial charge is 0.394 e. The van der Waals surface area contributed by atoms with Crippen LogP contribution in [0.15, 0.2) is 11.6 Å². The van der Waals surface area contributed by atoms with Crippen LogP contribution in [-0.2, 0) is 42.7 Å². The van der Waals surface area contributed by atoms with Crippen molar-refractivity contribution in [3.05, 3.63) is 11.6 Å². The lowest BCUT2D eigenvalue weighted by Crippen LogP contribution is -2.67. The zero-order chi connectivity index (χ0) is 46.9. The van der Waals surface area contributed by atoms with E-state index in [4.69, 9.17) is 33.2 Å². The fraction of sp³-hybridized carbons (Fsp3) is 0.915. The first-order valence-electron chi connectivity index (χ1n) is 23.6. The molecule has 3 aliphatic carbocycles. The smallest absolute Gasteiger partial charge is 0.217 e. The number of carbonyl (C=O) groups excluding carboxylic acids is 2. The third kappa shape index (κ3) is 9.21. The van der Waals surface area contributed by atoms with Crippen LogP contribution < -0.4 is 10.6 Å². The zero-order valence-electron chi connectivity index (χ0n) is 39.5. The lowest BCUT2D eigenvalue weighted by molar-refractivity contribution is -0.325. The Labute approximate surface area is 378 Å². The highest BCUT2D eigenvalue weighted by Gasteiger charge is 2.65. The van der Waals surface area contributed by atoms with Crippen LogP contribution in [0.25, 0.3) is 0 Å². The van der Waals surface area contributed by atoms with E-state index < -0.39 is 103 Å². The highest BCUT2D eigenvalue weighted by molar-refractivity contribution is 5.73. The molecular formula is C47H78N2O15. The number of hydrogen-bond donors (Lipinski definition) is 8. The van der Waals surface area contributed by atoms with Crippen molar-refractivity contribution in [2.45, 2.75) is 223 Å². The first kappa shape index (κ1) is 50.0. The van der Waals surface area contributed by atoms with Crippen molar-refractivity contribution >= 4 is 11.8 Å². The molecule has 6 fully saturated rings. The number of aliphatic hydroxyl groups is 6. The van der Waals surface area contributed by atoms with Crippen LogP contribution in [0, 0.1) is 28.1 Å². The molecule has 17 nitrogen and oxygen atoms in total. The number of nitrogens with one attached hydrogen (secondary N) is 2. The number of ether oxygens (including phenoxy) is 7. The number of amides is 2. The Hall–Kier alpha value is -1.84. The maximum absolute atomic E-state index is 12.1. The monoisotopic (exact) mass is 911 g/mol. The third-order valence-electron chi connectivity index (χ3n) is 16.7. The molecule has 4 heterocycles. The van der Waals surface area contributed by atoms with Crippen molar-refractivity contribution in [3.63, 3.8) is 0 Å². The predicted octanol–water partition coefficient (Wildman–Crippen LogP) is 1.74. The number of aliphatic hydroxyl groups excluding tert-OH is 6. The molecule has 0 aromatic rings. The van der Waals surface area contributed by atoms with Gasteiger partial charge in [-0.1, -0.05) is 32.4 Å². The van der Waals surface area contributed by atoms with E-state index in [1.165, 1.54) is 26.5 Å². The molecule has 0 bridgehead atoms. The van der Waals surface area contributed by atoms with E-state index in [9.17, 15) is 40.2 Å². The summed E-state index contributed by atoms with van der Waals surface area (Å²) in [5.41, 5.74) is -1.10. The van der Waals surface area contributed by atoms with Gasteiger partial charge in [0.05, 0.1) is 54.9 Å². The summed E-state index contributed by atoms with van der Waals surface area (Å²) >= 11 is 0. The SMILES string of the molecule is COC[C@@H]1O[C@H](OC(C)(C)[C@@H]2CC[C@]3(C)C=C([C@@H]4CC[C@@H]5[C@]4(C)C[C@H](O)[C@@H]4O[C@H](C(C)(C)O[C@@H]6O[C@H](CO)[C@H](O)[C@H](O)[C@@H]6NC(C)=O)CC[C@@]54C)CC[C@@H]3O2)[C@H](NC(C)=O)[C@H](O)[C@@H]1O. The first-order valence-corrected chi connectivity index (χ1v) is 23.6. The van der Waals surface area contributed by atoms with Gasteiger partial charge in [0, 0.05) is 26.4 Å². The van der Waals surface area contributed by atoms with E-state index in [1.54, 1.807) is 0 Å². The Morgan fingerprint density at radius 2 is 1.28 bits per heavy atom. The van der Waals surface area contributed by atoms with Crippen molar-refractivity contribution in [1.82, 2.24) is 10.6 Å². The molecule has 20 atom stereocenters. The lowest BCUT2D eigenvalue weighted by Gasteiger charge is -2.61. The van der Waals surface area contributed by atoms with Crippen LogP contribution in [-0.4, -0.2) is 166 Å². The van der Waals surface area contributed by atoms with Crippen LogP contribution in [0.5, 0.6) is 0 Å². The topological polar surface area (TPSA) is 244 Å². The summed E-state index contributed by atoms with van der Waals surface area (Å²) < 4.78 is 44.2. The molecule has 8 N–H and O–H groups in total. The van der Waals surface area contributed by atoms with Gasteiger partial charge < -0.3 is 74.4 Å². The van der Waals surface area contributed by atoms with Crippen LogP contribution >= 0.6 is 0 Å². The molecule has 17 heteroatoms. The molecule has 366 valence electrons. The van der Waals surface area contributed by atoms with Crippen LogP contribution in [0.1, 0.15) is 120 Å². The molecule has 4 aliphatic heterocycles. The van der Waals surface area contributed by atoms with E-state index in [1.807, 2.05) is 27.7 Å². The fourth-order valence-corrected chi connectivity index (χ4v) is 13.4. The number of rotatable bonds is 12. The molecule has 2 amide bonds. The molecule has 7 rings (SSSR count). The van der Waals surface area contributed by atoms with Crippen LogP contribution in [0.4, 0.5) is 0 Å². The Kier molecular flexibility index (Phi) is 14.5. The normalized spacial score (nSPS) is 47.4. The van der Waals surface area contributed by atoms with Gasteiger partial charge in [-0.15, -0.1) is 0 Å². The molecule has 0 aromatic heterocycles. The number of allylic oxidation sites excluding steroid dienone is 1. The second-order valence-electron chi connectivity index (χ2n) is 22.0. The van der Waals surface area contributed by atoms with Gasteiger partial charge in [0.2, 0.25) is 11.8 Å². The molecule has 0 unspecified atom stereocenters. The van der Waals surface area contributed by atoms with Gasteiger partial charge in [0.1, 0.15) is 48.7 Å². The molecule has 7 aliphatic rings. The maximum Gasteiger partial charge on any atom is 0.217 e. The van der Waals surface area contributed by atoms with Crippen molar-refractivity contribution in [3.8, 4) is 0 Å². The molecule has 0 radical (unpaired) electrons. The lowest BCUT2D eigenvalue weighted by atomic mass is 9.50. The number of methoxy groups -OCH3 is 1. The van der Waals surface area contributed by atoms with Crippen LogP contribution in [0.2, 0.25) is 0 Å². The first-order chi connectivity index (χ1) is 29.9. The second-order valence-corrected chi connectivity index (χ2v) is 22.0. The van der Waals surface area contributed by atoms with Crippen molar-refractivity contribution in [2.24, 2.45) is 28.1 Å². The number of fused-ring (bicyclic) bond motifs is 4. The maximum atomic E-state index is 12.1. The fourth-order valence-electron chi connectivity index (χ4n) is 13.4. The van der Waals surface area contributed by atoms with Gasteiger partial charge in [-0.2, -0.15) is 0 Å².